The Labute approximate surface area is 155 Å². The van der Waals surface area contributed by atoms with Gasteiger partial charge in [0.2, 0.25) is 0 Å². The Balaban J connectivity index is 1.50. The molecule has 0 saturated carbocycles. The second kappa shape index (κ2) is 7.67. The molecule has 1 N–H and O–H groups in total. The van der Waals surface area contributed by atoms with E-state index in [1.54, 1.807) is 23.6 Å². The SMILES string of the molecule is O=C(Nc1cnccn1)c1cccc([C@@H]2CCCN2Cc2cncs2)n1. The maximum atomic E-state index is 12.5. The van der Waals surface area contributed by atoms with Crippen LogP contribution in [0.25, 0.3) is 0 Å². The summed E-state index contributed by atoms with van der Waals surface area (Å²) >= 11 is 1.67. The number of hydrogen-bond donors (Lipinski definition) is 1. The molecular weight excluding hydrogens is 348 g/mol. The van der Waals surface area contributed by atoms with Crippen LogP contribution < -0.4 is 5.32 Å². The summed E-state index contributed by atoms with van der Waals surface area (Å²) in [6.45, 7) is 1.90. The Hall–Kier alpha value is -2.71. The minimum absolute atomic E-state index is 0.223. The molecule has 26 heavy (non-hydrogen) atoms. The molecule has 132 valence electrons. The van der Waals surface area contributed by atoms with Gasteiger partial charge in [-0.25, -0.2) is 9.97 Å². The molecule has 1 aliphatic rings. The van der Waals surface area contributed by atoms with Crippen LogP contribution >= 0.6 is 11.3 Å². The van der Waals surface area contributed by atoms with Gasteiger partial charge in [-0.05, 0) is 31.5 Å². The number of pyridine rings is 1. The van der Waals surface area contributed by atoms with E-state index in [1.807, 2.05) is 23.8 Å². The lowest BCUT2D eigenvalue weighted by atomic mass is 10.1. The van der Waals surface area contributed by atoms with Gasteiger partial charge in [0.1, 0.15) is 5.69 Å². The molecule has 3 aromatic heterocycles. The monoisotopic (exact) mass is 366 g/mol. The number of thiazole rings is 1. The largest absolute Gasteiger partial charge is 0.304 e. The Bertz CT molecular complexity index is 870. The van der Waals surface area contributed by atoms with Crippen molar-refractivity contribution in [3.8, 4) is 0 Å². The van der Waals surface area contributed by atoms with Gasteiger partial charge < -0.3 is 5.32 Å². The van der Waals surface area contributed by atoms with Crippen LogP contribution in [-0.4, -0.2) is 37.3 Å². The van der Waals surface area contributed by atoms with Gasteiger partial charge in [-0.15, -0.1) is 11.3 Å². The predicted molar refractivity (Wildman–Crippen MR) is 98.7 cm³/mol. The van der Waals surface area contributed by atoms with Crippen molar-refractivity contribution in [1.29, 1.82) is 0 Å². The number of rotatable bonds is 5. The second-order valence-corrected chi connectivity index (χ2v) is 7.06. The molecule has 1 saturated heterocycles. The summed E-state index contributed by atoms with van der Waals surface area (Å²) in [6, 6.07) is 5.82. The molecular formula is C18H18N6OS. The van der Waals surface area contributed by atoms with Crippen molar-refractivity contribution in [2.45, 2.75) is 25.4 Å². The first kappa shape index (κ1) is 16.7. The summed E-state index contributed by atoms with van der Waals surface area (Å²) in [5, 5.41) is 2.73. The molecule has 1 aliphatic heterocycles. The highest BCUT2D eigenvalue weighted by Crippen LogP contribution is 2.32. The normalized spacial score (nSPS) is 17.3. The van der Waals surface area contributed by atoms with Crippen LogP contribution in [0.15, 0.2) is 48.5 Å². The van der Waals surface area contributed by atoms with Crippen molar-refractivity contribution in [3.63, 3.8) is 0 Å². The summed E-state index contributed by atoms with van der Waals surface area (Å²) in [6.07, 6.45) is 8.69. The number of anilines is 1. The van der Waals surface area contributed by atoms with Gasteiger partial charge in [-0.2, -0.15) is 0 Å². The molecule has 1 amide bonds. The molecule has 0 aromatic carbocycles. The van der Waals surface area contributed by atoms with E-state index in [-0.39, 0.29) is 11.9 Å². The number of aromatic nitrogens is 4. The van der Waals surface area contributed by atoms with Gasteiger partial charge in [0.05, 0.1) is 23.4 Å². The highest BCUT2D eigenvalue weighted by molar-refractivity contribution is 7.09. The molecule has 1 fully saturated rings. The molecule has 0 aliphatic carbocycles. The van der Waals surface area contributed by atoms with E-state index in [0.717, 1.165) is 31.6 Å². The molecule has 0 spiro atoms. The van der Waals surface area contributed by atoms with Crippen molar-refractivity contribution in [1.82, 2.24) is 24.8 Å². The number of hydrogen-bond acceptors (Lipinski definition) is 7. The average Bonchev–Trinajstić information content (AvgIpc) is 3.35. The van der Waals surface area contributed by atoms with Crippen LogP contribution in [0.5, 0.6) is 0 Å². The maximum absolute atomic E-state index is 12.5. The van der Waals surface area contributed by atoms with E-state index in [1.165, 1.54) is 17.3 Å². The minimum Gasteiger partial charge on any atom is -0.304 e. The number of amides is 1. The van der Waals surface area contributed by atoms with E-state index in [2.05, 4.69) is 30.2 Å². The Morgan fingerprint density at radius 1 is 1.27 bits per heavy atom. The minimum atomic E-state index is -0.278. The fourth-order valence-corrected chi connectivity index (χ4v) is 3.80. The smallest absolute Gasteiger partial charge is 0.275 e. The molecule has 0 radical (unpaired) electrons. The van der Waals surface area contributed by atoms with E-state index in [0.29, 0.717) is 11.5 Å². The van der Waals surface area contributed by atoms with Crippen LogP contribution in [0.2, 0.25) is 0 Å². The molecule has 0 unspecified atom stereocenters. The van der Waals surface area contributed by atoms with Crippen molar-refractivity contribution in [2.24, 2.45) is 0 Å². The van der Waals surface area contributed by atoms with Gasteiger partial charge in [-0.1, -0.05) is 6.07 Å². The van der Waals surface area contributed by atoms with Crippen molar-refractivity contribution in [3.05, 3.63) is 64.8 Å². The van der Waals surface area contributed by atoms with E-state index >= 15 is 0 Å². The van der Waals surface area contributed by atoms with Crippen molar-refractivity contribution >= 4 is 23.1 Å². The number of carbonyl (C=O) groups is 1. The summed E-state index contributed by atoms with van der Waals surface area (Å²) in [7, 11) is 0. The Kier molecular flexibility index (Phi) is 4.94. The summed E-state index contributed by atoms with van der Waals surface area (Å²) in [5.41, 5.74) is 3.17. The second-order valence-electron chi connectivity index (χ2n) is 6.09. The Morgan fingerprint density at radius 3 is 3.04 bits per heavy atom. The number of likely N-dealkylation sites (tertiary alicyclic amines) is 1. The molecule has 8 heteroatoms. The lowest BCUT2D eigenvalue weighted by Gasteiger charge is -2.23. The zero-order chi connectivity index (χ0) is 17.8. The Morgan fingerprint density at radius 2 is 2.23 bits per heavy atom. The predicted octanol–water partition coefficient (Wildman–Crippen LogP) is 2.92. The lowest BCUT2D eigenvalue weighted by Crippen LogP contribution is -2.24. The van der Waals surface area contributed by atoms with Gasteiger partial charge in [0.15, 0.2) is 5.82 Å². The quantitative estimate of drug-likeness (QED) is 0.747. The average molecular weight is 366 g/mol. The third-order valence-electron chi connectivity index (χ3n) is 4.36. The van der Waals surface area contributed by atoms with Crippen LogP contribution in [0.1, 0.15) is 39.9 Å². The lowest BCUT2D eigenvalue weighted by molar-refractivity contribution is 0.102. The highest BCUT2D eigenvalue weighted by Gasteiger charge is 2.28. The fourth-order valence-electron chi connectivity index (χ4n) is 3.18. The van der Waals surface area contributed by atoms with Gasteiger partial charge in [0, 0.05) is 30.0 Å². The number of nitrogens with one attached hydrogen (secondary N) is 1. The topological polar surface area (TPSA) is 83.9 Å². The zero-order valence-corrected chi connectivity index (χ0v) is 14.9. The summed E-state index contributed by atoms with van der Waals surface area (Å²) in [4.78, 5) is 32.9. The van der Waals surface area contributed by atoms with Gasteiger partial charge in [0.25, 0.3) is 5.91 Å². The van der Waals surface area contributed by atoms with Gasteiger partial charge in [-0.3, -0.25) is 19.7 Å². The van der Waals surface area contributed by atoms with Crippen molar-refractivity contribution in [2.75, 3.05) is 11.9 Å². The molecule has 4 heterocycles. The van der Waals surface area contributed by atoms with Crippen LogP contribution in [-0.2, 0) is 6.54 Å². The first-order valence-electron chi connectivity index (χ1n) is 8.45. The first-order chi connectivity index (χ1) is 12.8. The van der Waals surface area contributed by atoms with E-state index in [9.17, 15) is 4.79 Å². The molecule has 3 aromatic rings. The molecule has 7 nitrogen and oxygen atoms in total. The van der Waals surface area contributed by atoms with Gasteiger partial charge >= 0.3 is 0 Å². The van der Waals surface area contributed by atoms with Crippen molar-refractivity contribution < 1.29 is 4.79 Å². The summed E-state index contributed by atoms with van der Waals surface area (Å²) in [5.74, 6) is 0.136. The third kappa shape index (κ3) is 3.76. The molecule has 1 atom stereocenters. The van der Waals surface area contributed by atoms with E-state index in [4.69, 9.17) is 0 Å². The summed E-state index contributed by atoms with van der Waals surface area (Å²) < 4.78 is 0. The van der Waals surface area contributed by atoms with Crippen LogP contribution in [0.3, 0.4) is 0 Å². The maximum Gasteiger partial charge on any atom is 0.275 e. The van der Waals surface area contributed by atoms with Crippen LogP contribution in [0, 0.1) is 0 Å². The third-order valence-corrected chi connectivity index (χ3v) is 5.12. The molecule has 0 bridgehead atoms. The number of carbonyl (C=O) groups excluding carboxylic acids is 1. The fraction of sp³-hybridized carbons (Fsp3) is 0.278. The highest BCUT2D eigenvalue weighted by atomic mass is 32.1. The van der Waals surface area contributed by atoms with Crippen LogP contribution in [0.4, 0.5) is 5.82 Å². The first-order valence-corrected chi connectivity index (χ1v) is 9.33. The van der Waals surface area contributed by atoms with E-state index < -0.39 is 0 Å². The standard InChI is InChI=1S/C18H18N6OS/c25-18(23-17-10-19-6-7-21-17)15-4-1-3-14(22-15)16-5-2-8-24(16)11-13-9-20-12-26-13/h1,3-4,6-7,9-10,12,16H,2,5,8,11H2,(H,21,23,25)/t16-/m0/s1. The molecule has 4 rings (SSSR count). The zero-order valence-electron chi connectivity index (χ0n) is 14.1. The number of nitrogens with zero attached hydrogens (tertiary/aromatic N) is 5.